The molecule has 0 bridgehead atoms. The fourth-order valence-electron chi connectivity index (χ4n) is 1.50. The molecule has 1 aliphatic rings. The predicted octanol–water partition coefficient (Wildman–Crippen LogP) is 1.31. The van der Waals surface area contributed by atoms with Crippen molar-refractivity contribution in [3.05, 3.63) is 23.8 Å². The van der Waals surface area contributed by atoms with E-state index in [1.807, 2.05) is 25.1 Å². The van der Waals surface area contributed by atoms with Crippen LogP contribution in [0.2, 0.25) is 0 Å². The molecule has 3 heteroatoms. The van der Waals surface area contributed by atoms with Crippen LogP contribution in [-0.2, 0) is 6.42 Å². The highest BCUT2D eigenvalue weighted by Crippen LogP contribution is 2.35. The predicted molar refractivity (Wildman–Crippen MR) is 49.9 cm³/mol. The monoisotopic (exact) mass is 179 g/mol. The molecule has 0 amide bonds. The second kappa shape index (κ2) is 3.26. The van der Waals surface area contributed by atoms with Gasteiger partial charge in [0.25, 0.3) is 0 Å². The van der Waals surface area contributed by atoms with Gasteiger partial charge in [0.1, 0.15) is 0 Å². The molecule has 0 spiro atoms. The zero-order valence-corrected chi connectivity index (χ0v) is 7.62. The molecule has 1 atom stereocenters. The van der Waals surface area contributed by atoms with E-state index in [2.05, 4.69) is 0 Å². The third-order valence-electron chi connectivity index (χ3n) is 2.02. The summed E-state index contributed by atoms with van der Waals surface area (Å²) >= 11 is 0. The van der Waals surface area contributed by atoms with Crippen molar-refractivity contribution in [2.45, 2.75) is 19.4 Å². The van der Waals surface area contributed by atoms with Crippen LogP contribution in [0.15, 0.2) is 18.2 Å². The number of nitrogens with two attached hydrogens (primary N) is 1. The van der Waals surface area contributed by atoms with E-state index in [0.29, 0.717) is 6.79 Å². The van der Waals surface area contributed by atoms with Gasteiger partial charge in [0.2, 0.25) is 6.79 Å². The van der Waals surface area contributed by atoms with Gasteiger partial charge in [-0.2, -0.15) is 0 Å². The van der Waals surface area contributed by atoms with Crippen LogP contribution in [0.5, 0.6) is 11.5 Å². The Labute approximate surface area is 77.5 Å². The van der Waals surface area contributed by atoms with Crippen molar-refractivity contribution in [1.82, 2.24) is 0 Å². The average molecular weight is 179 g/mol. The number of hydrogen-bond donors (Lipinski definition) is 1. The quantitative estimate of drug-likeness (QED) is 0.744. The molecule has 1 aromatic rings. The summed E-state index contributed by atoms with van der Waals surface area (Å²) in [7, 11) is 0. The third-order valence-corrected chi connectivity index (χ3v) is 2.02. The van der Waals surface area contributed by atoms with E-state index in [1.165, 1.54) is 0 Å². The summed E-state index contributed by atoms with van der Waals surface area (Å²) in [5.41, 5.74) is 6.85. The molecule has 0 saturated carbocycles. The summed E-state index contributed by atoms with van der Waals surface area (Å²) in [6, 6.07) is 6.05. The van der Waals surface area contributed by atoms with E-state index in [4.69, 9.17) is 15.2 Å². The number of para-hydroxylation sites is 1. The van der Waals surface area contributed by atoms with E-state index in [0.717, 1.165) is 23.5 Å². The highest BCUT2D eigenvalue weighted by molar-refractivity contribution is 5.48. The van der Waals surface area contributed by atoms with Crippen LogP contribution in [-0.4, -0.2) is 12.8 Å². The highest BCUT2D eigenvalue weighted by atomic mass is 16.7. The molecule has 1 aromatic carbocycles. The van der Waals surface area contributed by atoms with Gasteiger partial charge in [-0.15, -0.1) is 0 Å². The van der Waals surface area contributed by atoms with E-state index in [9.17, 15) is 0 Å². The topological polar surface area (TPSA) is 44.5 Å². The molecule has 1 aliphatic heterocycles. The van der Waals surface area contributed by atoms with Crippen LogP contribution >= 0.6 is 0 Å². The number of benzene rings is 1. The van der Waals surface area contributed by atoms with E-state index in [1.54, 1.807) is 0 Å². The minimum atomic E-state index is 0.149. The van der Waals surface area contributed by atoms with Gasteiger partial charge in [0.15, 0.2) is 11.5 Å². The Hall–Kier alpha value is -1.22. The van der Waals surface area contributed by atoms with Crippen molar-refractivity contribution < 1.29 is 9.47 Å². The lowest BCUT2D eigenvalue weighted by Gasteiger charge is -2.07. The first-order valence-electron chi connectivity index (χ1n) is 4.40. The van der Waals surface area contributed by atoms with Crippen molar-refractivity contribution >= 4 is 0 Å². The molecule has 0 saturated heterocycles. The first kappa shape index (κ1) is 8.38. The van der Waals surface area contributed by atoms with Gasteiger partial charge in [-0.3, -0.25) is 0 Å². The number of ether oxygens (including phenoxy) is 2. The van der Waals surface area contributed by atoms with Crippen molar-refractivity contribution in [3.8, 4) is 11.5 Å². The lowest BCUT2D eigenvalue weighted by molar-refractivity contribution is 0.173. The maximum Gasteiger partial charge on any atom is 0.231 e. The first-order chi connectivity index (χ1) is 6.27. The Bertz CT molecular complexity index is 310. The fraction of sp³-hybridized carbons (Fsp3) is 0.400. The number of fused-ring (bicyclic) bond motifs is 1. The molecular weight excluding hydrogens is 166 g/mol. The SMILES string of the molecule is CC(N)Cc1cccc2c1OCO2. The smallest absolute Gasteiger partial charge is 0.231 e. The van der Waals surface area contributed by atoms with Crippen LogP contribution in [0.1, 0.15) is 12.5 Å². The maximum absolute atomic E-state index is 5.72. The minimum absolute atomic E-state index is 0.149. The largest absolute Gasteiger partial charge is 0.454 e. The Balaban J connectivity index is 2.30. The van der Waals surface area contributed by atoms with E-state index >= 15 is 0 Å². The summed E-state index contributed by atoms with van der Waals surface area (Å²) in [5.74, 6) is 1.69. The molecule has 0 radical (unpaired) electrons. The van der Waals surface area contributed by atoms with E-state index in [-0.39, 0.29) is 6.04 Å². The normalized spacial score (nSPS) is 15.8. The van der Waals surface area contributed by atoms with Crippen molar-refractivity contribution in [2.24, 2.45) is 5.73 Å². The standard InChI is InChI=1S/C10H13NO2/c1-7(11)5-8-3-2-4-9-10(8)13-6-12-9/h2-4,7H,5-6,11H2,1H3. The van der Waals surface area contributed by atoms with E-state index < -0.39 is 0 Å². The molecule has 0 fully saturated rings. The molecule has 70 valence electrons. The second-order valence-electron chi connectivity index (χ2n) is 3.33. The zero-order valence-electron chi connectivity index (χ0n) is 7.62. The molecule has 0 aliphatic carbocycles. The van der Waals surface area contributed by atoms with Crippen molar-refractivity contribution in [1.29, 1.82) is 0 Å². The molecule has 3 nitrogen and oxygen atoms in total. The van der Waals surface area contributed by atoms with Crippen LogP contribution in [0.25, 0.3) is 0 Å². The number of hydrogen-bond acceptors (Lipinski definition) is 3. The van der Waals surface area contributed by atoms with Gasteiger partial charge >= 0.3 is 0 Å². The minimum Gasteiger partial charge on any atom is -0.454 e. The van der Waals surface area contributed by atoms with Gasteiger partial charge in [-0.1, -0.05) is 12.1 Å². The van der Waals surface area contributed by atoms with Crippen LogP contribution in [0.4, 0.5) is 0 Å². The summed E-state index contributed by atoms with van der Waals surface area (Å²) in [6.07, 6.45) is 0.826. The zero-order chi connectivity index (χ0) is 9.26. The van der Waals surface area contributed by atoms with Crippen LogP contribution in [0.3, 0.4) is 0 Å². The van der Waals surface area contributed by atoms with Crippen molar-refractivity contribution in [2.75, 3.05) is 6.79 Å². The third kappa shape index (κ3) is 1.60. The second-order valence-corrected chi connectivity index (χ2v) is 3.33. The average Bonchev–Trinajstić information content (AvgIpc) is 2.51. The molecule has 2 N–H and O–H groups in total. The van der Waals surface area contributed by atoms with Gasteiger partial charge in [0.05, 0.1) is 0 Å². The van der Waals surface area contributed by atoms with Gasteiger partial charge in [-0.05, 0) is 25.0 Å². The fourth-order valence-corrected chi connectivity index (χ4v) is 1.50. The molecule has 2 rings (SSSR count). The van der Waals surface area contributed by atoms with Crippen LogP contribution in [0, 0.1) is 0 Å². The summed E-state index contributed by atoms with van der Waals surface area (Å²) in [4.78, 5) is 0. The molecule has 0 aromatic heterocycles. The number of rotatable bonds is 2. The summed E-state index contributed by atoms with van der Waals surface area (Å²) < 4.78 is 10.6. The molecule has 1 heterocycles. The Morgan fingerprint density at radius 3 is 3.08 bits per heavy atom. The summed E-state index contributed by atoms with van der Waals surface area (Å²) in [6.45, 7) is 2.31. The van der Waals surface area contributed by atoms with Gasteiger partial charge in [0, 0.05) is 6.04 Å². The maximum atomic E-state index is 5.72. The Morgan fingerprint density at radius 1 is 1.46 bits per heavy atom. The molecule has 1 unspecified atom stereocenters. The lowest BCUT2D eigenvalue weighted by atomic mass is 10.1. The van der Waals surface area contributed by atoms with Gasteiger partial charge in [-0.25, -0.2) is 0 Å². The Kier molecular flexibility index (Phi) is 2.10. The first-order valence-corrected chi connectivity index (χ1v) is 4.40. The van der Waals surface area contributed by atoms with Crippen LogP contribution < -0.4 is 15.2 Å². The lowest BCUT2D eigenvalue weighted by Crippen LogP contribution is -2.17. The van der Waals surface area contributed by atoms with Gasteiger partial charge < -0.3 is 15.2 Å². The molecule has 13 heavy (non-hydrogen) atoms. The van der Waals surface area contributed by atoms with Crippen molar-refractivity contribution in [3.63, 3.8) is 0 Å². The summed E-state index contributed by atoms with van der Waals surface area (Å²) in [5, 5.41) is 0. The molecular formula is C10H13NO2. The Morgan fingerprint density at radius 2 is 2.31 bits per heavy atom. The highest BCUT2D eigenvalue weighted by Gasteiger charge is 2.17.